The van der Waals surface area contributed by atoms with Crippen LogP contribution in [0, 0.1) is 13.8 Å². The first-order valence-electron chi connectivity index (χ1n) is 9.33. The fourth-order valence-corrected chi connectivity index (χ4v) is 4.80. The number of nitrogens with one attached hydrogen (secondary N) is 1. The Morgan fingerprint density at radius 2 is 2.00 bits per heavy atom. The maximum Gasteiger partial charge on any atom is 0.277 e. The summed E-state index contributed by atoms with van der Waals surface area (Å²) in [5.74, 6) is 0.130. The van der Waals surface area contributed by atoms with Crippen molar-refractivity contribution in [2.45, 2.75) is 39.0 Å². The van der Waals surface area contributed by atoms with Gasteiger partial charge in [-0.3, -0.25) is 14.5 Å². The number of thiazole rings is 1. The van der Waals surface area contributed by atoms with Gasteiger partial charge >= 0.3 is 0 Å². The van der Waals surface area contributed by atoms with Gasteiger partial charge in [0.2, 0.25) is 0 Å². The van der Waals surface area contributed by atoms with E-state index in [0.717, 1.165) is 25.0 Å². The molecule has 2 heterocycles. The number of H-pyrrole nitrogens is 1. The molecule has 1 unspecified atom stereocenters. The van der Waals surface area contributed by atoms with Crippen LogP contribution in [0.2, 0.25) is 0 Å². The van der Waals surface area contributed by atoms with Gasteiger partial charge < -0.3 is 0 Å². The Morgan fingerprint density at radius 1 is 1.25 bits per heavy atom. The summed E-state index contributed by atoms with van der Waals surface area (Å²) in [5.41, 5.74) is 3.33. The summed E-state index contributed by atoms with van der Waals surface area (Å²) in [6.07, 6.45) is 2.90. The summed E-state index contributed by atoms with van der Waals surface area (Å²) >= 11 is 1.55. The number of aromatic nitrogens is 3. The molecule has 1 atom stereocenters. The van der Waals surface area contributed by atoms with Gasteiger partial charge in [0.25, 0.3) is 11.5 Å². The molecule has 2 aromatic heterocycles. The van der Waals surface area contributed by atoms with Gasteiger partial charge in [-0.1, -0.05) is 30.3 Å². The van der Waals surface area contributed by atoms with Crippen LogP contribution in [0.1, 0.15) is 50.1 Å². The number of benzene rings is 1. The lowest BCUT2D eigenvalue weighted by Gasteiger charge is -2.21. The molecule has 7 heteroatoms. The third kappa shape index (κ3) is 3.26. The second kappa shape index (κ2) is 7.31. The van der Waals surface area contributed by atoms with E-state index in [4.69, 9.17) is 4.98 Å². The molecule has 1 aliphatic rings. The predicted octanol–water partition coefficient (Wildman–Crippen LogP) is 3.39. The maximum atomic E-state index is 13.0. The fourth-order valence-electron chi connectivity index (χ4n) is 3.65. The summed E-state index contributed by atoms with van der Waals surface area (Å²) in [4.78, 5) is 32.6. The molecule has 0 aliphatic heterocycles. The minimum Gasteiger partial charge on any atom is -0.287 e. The van der Waals surface area contributed by atoms with Gasteiger partial charge in [-0.25, -0.2) is 10.1 Å². The number of carbonyl (C=O) groups excluding carboxylic acids is 1. The Labute approximate surface area is 167 Å². The standard InChI is InChI=1S/C21H22N4O2S/c1-12-13(2)23-24-19(26)18(12)20(27)25(3)21-22-16-10-9-15(11-17(16)28-21)14-7-5-4-6-8-14/h4-8,15H,9-11H2,1-3H3,(H,24,26). The predicted molar refractivity (Wildman–Crippen MR) is 110 cm³/mol. The van der Waals surface area contributed by atoms with Gasteiger partial charge in [-0.2, -0.15) is 5.10 Å². The van der Waals surface area contributed by atoms with Crippen molar-refractivity contribution < 1.29 is 4.79 Å². The van der Waals surface area contributed by atoms with Crippen LogP contribution in [-0.2, 0) is 12.8 Å². The highest BCUT2D eigenvalue weighted by atomic mass is 32.1. The van der Waals surface area contributed by atoms with Crippen LogP contribution in [0.4, 0.5) is 5.13 Å². The van der Waals surface area contributed by atoms with Crippen molar-refractivity contribution in [3.05, 3.63) is 73.6 Å². The Kier molecular flexibility index (Phi) is 4.85. The second-order valence-electron chi connectivity index (χ2n) is 7.22. The Morgan fingerprint density at radius 3 is 2.75 bits per heavy atom. The molecule has 1 N–H and O–H groups in total. The molecule has 3 aromatic rings. The minimum absolute atomic E-state index is 0.130. The van der Waals surface area contributed by atoms with Crippen molar-refractivity contribution in [2.75, 3.05) is 11.9 Å². The summed E-state index contributed by atoms with van der Waals surface area (Å²) in [6.45, 7) is 3.52. The highest BCUT2D eigenvalue weighted by Crippen LogP contribution is 2.38. The zero-order valence-corrected chi connectivity index (χ0v) is 17.0. The summed E-state index contributed by atoms with van der Waals surface area (Å²) in [7, 11) is 1.68. The number of aryl methyl sites for hydroxylation is 2. The van der Waals surface area contributed by atoms with Crippen LogP contribution in [0.15, 0.2) is 35.1 Å². The minimum atomic E-state index is -0.467. The molecule has 4 rings (SSSR count). The van der Waals surface area contributed by atoms with E-state index in [1.807, 2.05) is 6.07 Å². The molecular formula is C21H22N4O2S. The van der Waals surface area contributed by atoms with Crippen LogP contribution >= 0.6 is 11.3 Å². The molecule has 28 heavy (non-hydrogen) atoms. The van der Waals surface area contributed by atoms with Crippen LogP contribution in [0.25, 0.3) is 0 Å². The summed E-state index contributed by atoms with van der Waals surface area (Å²) in [5, 5.41) is 6.96. The molecule has 144 valence electrons. The molecular weight excluding hydrogens is 372 g/mol. The number of amides is 1. The first-order valence-corrected chi connectivity index (χ1v) is 10.1. The zero-order chi connectivity index (χ0) is 19.8. The average Bonchev–Trinajstić information content (AvgIpc) is 3.14. The van der Waals surface area contributed by atoms with E-state index >= 15 is 0 Å². The van der Waals surface area contributed by atoms with E-state index in [1.165, 1.54) is 15.3 Å². The Bertz CT molecular complexity index is 1090. The molecule has 0 saturated heterocycles. The molecule has 1 aromatic carbocycles. The molecule has 0 radical (unpaired) electrons. The van der Waals surface area contributed by atoms with Crippen molar-refractivity contribution in [2.24, 2.45) is 0 Å². The molecule has 0 spiro atoms. The number of rotatable bonds is 3. The number of nitrogens with zero attached hydrogens (tertiary/aromatic N) is 3. The number of hydrogen-bond acceptors (Lipinski definition) is 5. The van der Waals surface area contributed by atoms with Gasteiger partial charge in [-0.15, -0.1) is 11.3 Å². The summed E-state index contributed by atoms with van der Waals surface area (Å²) < 4.78 is 0. The quantitative estimate of drug-likeness (QED) is 0.738. The lowest BCUT2D eigenvalue weighted by atomic mass is 9.85. The highest BCUT2D eigenvalue weighted by Gasteiger charge is 2.27. The van der Waals surface area contributed by atoms with E-state index < -0.39 is 5.56 Å². The number of hydrogen-bond donors (Lipinski definition) is 1. The topological polar surface area (TPSA) is 79.0 Å². The van der Waals surface area contributed by atoms with Crippen molar-refractivity contribution in [1.29, 1.82) is 0 Å². The van der Waals surface area contributed by atoms with Crippen molar-refractivity contribution >= 4 is 22.4 Å². The fraction of sp³-hybridized carbons (Fsp3) is 0.333. The lowest BCUT2D eigenvalue weighted by molar-refractivity contribution is 0.0990. The number of anilines is 1. The van der Waals surface area contributed by atoms with Gasteiger partial charge in [0, 0.05) is 11.9 Å². The van der Waals surface area contributed by atoms with E-state index in [1.54, 1.807) is 32.2 Å². The van der Waals surface area contributed by atoms with Crippen molar-refractivity contribution in [3.8, 4) is 0 Å². The third-order valence-corrected chi connectivity index (χ3v) is 6.67. The van der Waals surface area contributed by atoms with E-state index in [9.17, 15) is 9.59 Å². The van der Waals surface area contributed by atoms with Gasteiger partial charge in [0.15, 0.2) is 5.13 Å². The average molecular weight is 395 g/mol. The Hall–Kier alpha value is -2.80. The van der Waals surface area contributed by atoms with E-state index in [2.05, 4.69) is 34.5 Å². The second-order valence-corrected chi connectivity index (χ2v) is 8.28. The van der Waals surface area contributed by atoms with Crippen LogP contribution in [-0.4, -0.2) is 28.1 Å². The molecule has 6 nitrogen and oxygen atoms in total. The van der Waals surface area contributed by atoms with E-state index in [-0.39, 0.29) is 11.5 Å². The third-order valence-electron chi connectivity index (χ3n) is 5.47. The van der Waals surface area contributed by atoms with Gasteiger partial charge in [-0.05, 0) is 50.2 Å². The Balaban J connectivity index is 1.60. The normalized spacial score (nSPS) is 15.9. The SMILES string of the molecule is Cc1n[nH]c(=O)c(C(=O)N(C)c2nc3c(s2)CC(c2ccccc2)CC3)c1C. The van der Waals surface area contributed by atoms with Crippen molar-refractivity contribution in [1.82, 2.24) is 15.2 Å². The number of aromatic amines is 1. The molecule has 1 amide bonds. The first kappa shape index (κ1) is 18.6. The smallest absolute Gasteiger partial charge is 0.277 e. The summed E-state index contributed by atoms with van der Waals surface area (Å²) in [6, 6.07) is 10.5. The van der Waals surface area contributed by atoms with Crippen LogP contribution in [0.5, 0.6) is 0 Å². The van der Waals surface area contributed by atoms with Crippen LogP contribution < -0.4 is 10.5 Å². The first-order chi connectivity index (χ1) is 13.5. The zero-order valence-electron chi connectivity index (χ0n) is 16.2. The van der Waals surface area contributed by atoms with E-state index in [0.29, 0.717) is 22.3 Å². The lowest BCUT2D eigenvalue weighted by Crippen LogP contribution is -2.33. The molecule has 0 bridgehead atoms. The molecule has 0 fully saturated rings. The van der Waals surface area contributed by atoms with Crippen LogP contribution in [0.3, 0.4) is 0 Å². The van der Waals surface area contributed by atoms with Crippen molar-refractivity contribution in [3.63, 3.8) is 0 Å². The van der Waals surface area contributed by atoms with Gasteiger partial charge in [0.05, 0.1) is 11.4 Å². The molecule has 0 saturated carbocycles. The van der Waals surface area contributed by atoms with Gasteiger partial charge in [0.1, 0.15) is 5.56 Å². The highest BCUT2D eigenvalue weighted by molar-refractivity contribution is 7.16. The number of carbonyl (C=O) groups is 1. The molecule has 1 aliphatic carbocycles. The number of fused-ring (bicyclic) bond motifs is 1. The largest absolute Gasteiger partial charge is 0.287 e. The maximum absolute atomic E-state index is 13.0. The monoisotopic (exact) mass is 394 g/mol.